The number of likely N-dealkylation sites (N-methyl/N-ethyl adjacent to an activating group) is 1. The number of nitrogens with one attached hydrogen (secondary N) is 1. The molecule has 1 aliphatic rings. The minimum atomic E-state index is -1.42. The molecule has 3 nitrogen and oxygen atoms in total. The molecule has 24 heavy (non-hydrogen) atoms. The molecular weight excluding hydrogens is 315 g/mol. The van der Waals surface area contributed by atoms with Crippen molar-refractivity contribution in [2.24, 2.45) is 0 Å². The molecule has 128 valence electrons. The third-order valence-electron chi connectivity index (χ3n) is 4.55. The standard InChI is InChI=1S/C18H20F3N3/c1-2-24-7-5-16(23-11-12-4-3-6-22-10-12)18(24)13-8-14(19)17(21)15(20)9-13/h3-4,6,8-10,16,18,23H,2,5,7,11H2,1H3. The van der Waals surface area contributed by atoms with Gasteiger partial charge in [-0.15, -0.1) is 0 Å². The fourth-order valence-electron chi connectivity index (χ4n) is 3.37. The Bertz CT molecular complexity index is 670. The minimum Gasteiger partial charge on any atom is -0.308 e. The quantitative estimate of drug-likeness (QED) is 0.849. The van der Waals surface area contributed by atoms with Crippen molar-refractivity contribution in [1.29, 1.82) is 0 Å². The van der Waals surface area contributed by atoms with E-state index >= 15 is 0 Å². The lowest BCUT2D eigenvalue weighted by atomic mass is 9.99. The number of hydrogen-bond donors (Lipinski definition) is 1. The molecule has 6 heteroatoms. The van der Waals surface area contributed by atoms with Crippen molar-refractivity contribution < 1.29 is 13.2 Å². The molecule has 1 aliphatic heterocycles. The molecule has 0 saturated carbocycles. The lowest BCUT2D eigenvalue weighted by Gasteiger charge is -2.28. The van der Waals surface area contributed by atoms with Crippen LogP contribution in [0, 0.1) is 17.5 Å². The summed E-state index contributed by atoms with van der Waals surface area (Å²) < 4.78 is 40.5. The van der Waals surface area contributed by atoms with Crippen LogP contribution in [0.25, 0.3) is 0 Å². The minimum absolute atomic E-state index is 0.0365. The SMILES string of the molecule is CCN1CCC(NCc2cccnc2)C1c1cc(F)c(F)c(F)c1. The maximum atomic E-state index is 13.6. The molecule has 2 aromatic rings. The molecule has 0 amide bonds. The Morgan fingerprint density at radius 3 is 2.62 bits per heavy atom. The Kier molecular flexibility index (Phi) is 5.16. The van der Waals surface area contributed by atoms with Crippen LogP contribution in [0.2, 0.25) is 0 Å². The lowest BCUT2D eigenvalue weighted by molar-refractivity contribution is 0.246. The summed E-state index contributed by atoms with van der Waals surface area (Å²) in [5, 5.41) is 3.44. The molecule has 3 rings (SSSR count). The van der Waals surface area contributed by atoms with Crippen molar-refractivity contribution in [3.05, 3.63) is 65.2 Å². The van der Waals surface area contributed by atoms with E-state index in [4.69, 9.17) is 0 Å². The number of nitrogens with zero attached hydrogens (tertiary/aromatic N) is 2. The summed E-state index contributed by atoms with van der Waals surface area (Å²) in [6, 6.07) is 5.90. The second kappa shape index (κ2) is 7.32. The number of hydrogen-bond acceptors (Lipinski definition) is 3. The highest BCUT2D eigenvalue weighted by molar-refractivity contribution is 5.25. The molecular formula is C18H20F3N3. The van der Waals surface area contributed by atoms with Gasteiger partial charge in [0.05, 0.1) is 6.04 Å². The summed E-state index contributed by atoms with van der Waals surface area (Å²) in [5.41, 5.74) is 1.51. The first kappa shape index (κ1) is 16.9. The van der Waals surface area contributed by atoms with Gasteiger partial charge in [0.15, 0.2) is 17.5 Å². The highest BCUT2D eigenvalue weighted by Crippen LogP contribution is 2.33. The van der Waals surface area contributed by atoms with Crippen molar-refractivity contribution >= 4 is 0 Å². The van der Waals surface area contributed by atoms with Crippen LogP contribution in [0.3, 0.4) is 0 Å². The summed E-state index contributed by atoms with van der Waals surface area (Å²) in [4.78, 5) is 6.23. The highest BCUT2D eigenvalue weighted by Gasteiger charge is 2.35. The number of pyridine rings is 1. The van der Waals surface area contributed by atoms with E-state index in [2.05, 4.69) is 15.2 Å². The van der Waals surface area contributed by atoms with Gasteiger partial charge in [-0.25, -0.2) is 13.2 Å². The predicted molar refractivity (Wildman–Crippen MR) is 85.8 cm³/mol. The van der Waals surface area contributed by atoms with Gasteiger partial charge in [-0.3, -0.25) is 9.88 Å². The van der Waals surface area contributed by atoms with Crippen molar-refractivity contribution in [3.63, 3.8) is 0 Å². The average Bonchev–Trinajstić information content (AvgIpc) is 3.01. The Morgan fingerprint density at radius 2 is 2.00 bits per heavy atom. The smallest absolute Gasteiger partial charge is 0.194 e. The zero-order valence-corrected chi connectivity index (χ0v) is 13.5. The number of aromatic nitrogens is 1. The van der Waals surface area contributed by atoms with Crippen molar-refractivity contribution in [2.45, 2.75) is 32.0 Å². The van der Waals surface area contributed by atoms with E-state index in [1.807, 2.05) is 19.1 Å². The van der Waals surface area contributed by atoms with Crippen LogP contribution in [0.5, 0.6) is 0 Å². The van der Waals surface area contributed by atoms with Gasteiger partial charge in [0.25, 0.3) is 0 Å². The molecule has 0 radical (unpaired) electrons. The monoisotopic (exact) mass is 335 g/mol. The first-order chi connectivity index (χ1) is 11.6. The van der Waals surface area contributed by atoms with E-state index in [9.17, 15) is 13.2 Å². The van der Waals surface area contributed by atoms with Gasteiger partial charge in [0, 0.05) is 31.5 Å². The second-order valence-corrected chi connectivity index (χ2v) is 6.01. The molecule has 1 aromatic carbocycles. The Labute approximate surface area is 139 Å². The molecule has 1 saturated heterocycles. The molecule has 1 aromatic heterocycles. The second-order valence-electron chi connectivity index (χ2n) is 6.01. The van der Waals surface area contributed by atoms with Crippen molar-refractivity contribution in [3.8, 4) is 0 Å². The van der Waals surface area contributed by atoms with Gasteiger partial charge < -0.3 is 5.32 Å². The number of halogens is 3. The van der Waals surface area contributed by atoms with Crippen LogP contribution in [0.1, 0.15) is 30.5 Å². The summed E-state index contributed by atoms with van der Waals surface area (Å²) >= 11 is 0. The maximum Gasteiger partial charge on any atom is 0.194 e. The van der Waals surface area contributed by atoms with E-state index < -0.39 is 17.5 Å². The van der Waals surface area contributed by atoms with Crippen LogP contribution in [-0.2, 0) is 6.54 Å². The van der Waals surface area contributed by atoms with Gasteiger partial charge in [-0.2, -0.15) is 0 Å². The molecule has 0 bridgehead atoms. The molecule has 0 spiro atoms. The molecule has 1 fully saturated rings. The first-order valence-corrected chi connectivity index (χ1v) is 8.11. The number of likely N-dealkylation sites (tertiary alicyclic amines) is 1. The molecule has 2 heterocycles. The zero-order valence-electron chi connectivity index (χ0n) is 13.5. The fraction of sp³-hybridized carbons (Fsp3) is 0.389. The number of rotatable bonds is 5. The van der Waals surface area contributed by atoms with Crippen LogP contribution in [-0.4, -0.2) is 29.0 Å². The highest BCUT2D eigenvalue weighted by atomic mass is 19.2. The van der Waals surface area contributed by atoms with Crippen molar-refractivity contribution in [2.75, 3.05) is 13.1 Å². The van der Waals surface area contributed by atoms with Crippen molar-refractivity contribution in [1.82, 2.24) is 15.2 Å². The third kappa shape index (κ3) is 3.44. The zero-order chi connectivity index (χ0) is 17.1. The number of benzene rings is 1. The van der Waals surface area contributed by atoms with Crippen LogP contribution in [0.4, 0.5) is 13.2 Å². The van der Waals surface area contributed by atoms with E-state index in [-0.39, 0.29) is 12.1 Å². The summed E-state index contributed by atoms with van der Waals surface area (Å²) in [7, 11) is 0. The maximum absolute atomic E-state index is 13.6. The third-order valence-corrected chi connectivity index (χ3v) is 4.55. The van der Waals surface area contributed by atoms with Crippen LogP contribution < -0.4 is 5.32 Å². The predicted octanol–water partition coefficient (Wildman–Crippen LogP) is 3.42. The average molecular weight is 335 g/mol. The van der Waals surface area contributed by atoms with Crippen LogP contribution in [0.15, 0.2) is 36.7 Å². The topological polar surface area (TPSA) is 28.2 Å². The molecule has 2 atom stereocenters. The first-order valence-electron chi connectivity index (χ1n) is 8.11. The molecule has 0 aliphatic carbocycles. The fourth-order valence-corrected chi connectivity index (χ4v) is 3.37. The molecule has 1 N–H and O–H groups in total. The Hall–Kier alpha value is -1.92. The summed E-state index contributed by atoms with van der Waals surface area (Å²) in [6.45, 7) is 4.22. The Balaban J connectivity index is 1.81. The van der Waals surface area contributed by atoms with E-state index in [1.165, 1.54) is 0 Å². The van der Waals surface area contributed by atoms with Gasteiger partial charge >= 0.3 is 0 Å². The van der Waals surface area contributed by atoms with Gasteiger partial charge in [0.1, 0.15) is 0 Å². The van der Waals surface area contributed by atoms with E-state index in [0.29, 0.717) is 12.1 Å². The van der Waals surface area contributed by atoms with Gasteiger partial charge in [0.2, 0.25) is 0 Å². The van der Waals surface area contributed by atoms with Gasteiger partial charge in [-0.05, 0) is 42.3 Å². The summed E-state index contributed by atoms with van der Waals surface area (Å²) in [5.74, 6) is -3.70. The van der Waals surface area contributed by atoms with Gasteiger partial charge in [-0.1, -0.05) is 13.0 Å². The Morgan fingerprint density at radius 1 is 1.25 bits per heavy atom. The largest absolute Gasteiger partial charge is 0.308 e. The molecule has 2 unspecified atom stereocenters. The lowest BCUT2D eigenvalue weighted by Crippen LogP contribution is -2.36. The van der Waals surface area contributed by atoms with E-state index in [1.54, 1.807) is 12.4 Å². The summed E-state index contributed by atoms with van der Waals surface area (Å²) in [6.07, 6.45) is 4.36. The normalized spacial score (nSPS) is 21.3. The van der Waals surface area contributed by atoms with E-state index in [0.717, 1.165) is 37.2 Å². The van der Waals surface area contributed by atoms with Crippen LogP contribution >= 0.6 is 0 Å².